The maximum Gasteiger partial charge on any atom is 0.337 e. The highest BCUT2D eigenvalue weighted by Gasteiger charge is 2.38. The Hall–Kier alpha value is -1.71. The number of carboxylic acid groups (broad SMARTS) is 1. The molecule has 0 unspecified atom stereocenters. The molecule has 0 heterocycles. The molecule has 116 valence electrons. The molecule has 2 rings (SSSR count). The fraction of sp³-hybridized carbons (Fsp3) is 0.588. The fourth-order valence-electron chi connectivity index (χ4n) is 4.05. The molecule has 1 fully saturated rings. The monoisotopic (exact) mass is 290 g/mol. The van der Waals surface area contributed by atoms with Gasteiger partial charge >= 0.3 is 5.97 Å². The zero-order valence-electron chi connectivity index (χ0n) is 13.4. The number of carboxylic acids is 1. The SMILES string of the molecule is CC1(C)CC(Nc2cccc(C(=O)O)c2N)CC(C)(C)C1. The molecule has 0 atom stereocenters. The van der Waals surface area contributed by atoms with Crippen molar-refractivity contribution < 1.29 is 9.90 Å². The minimum Gasteiger partial charge on any atom is -0.478 e. The summed E-state index contributed by atoms with van der Waals surface area (Å²) in [5, 5.41) is 12.6. The van der Waals surface area contributed by atoms with Crippen LogP contribution in [0.2, 0.25) is 0 Å². The largest absolute Gasteiger partial charge is 0.478 e. The topological polar surface area (TPSA) is 75.3 Å². The van der Waals surface area contributed by atoms with Crippen molar-refractivity contribution >= 4 is 17.3 Å². The Kier molecular flexibility index (Phi) is 3.91. The number of benzene rings is 1. The van der Waals surface area contributed by atoms with Crippen LogP contribution < -0.4 is 11.1 Å². The Morgan fingerprint density at radius 3 is 2.33 bits per heavy atom. The van der Waals surface area contributed by atoms with Crippen LogP contribution >= 0.6 is 0 Å². The van der Waals surface area contributed by atoms with Crippen LogP contribution in [-0.4, -0.2) is 17.1 Å². The summed E-state index contributed by atoms with van der Waals surface area (Å²) in [5.74, 6) is -0.986. The van der Waals surface area contributed by atoms with Crippen LogP contribution in [0.15, 0.2) is 18.2 Å². The van der Waals surface area contributed by atoms with Gasteiger partial charge in [0.2, 0.25) is 0 Å². The van der Waals surface area contributed by atoms with Gasteiger partial charge in [-0.25, -0.2) is 4.79 Å². The van der Waals surface area contributed by atoms with Gasteiger partial charge in [-0.05, 0) is 42.2 Å². The molecule has 1 saturated carbocycles. The van der Waals surface area contributed by atoms with Crippen molar-refractivity contribution in [3.05, 3.63) is 23.8 Å². The van der Waals surface area contributed by atoms with Crippen molar-refractivity contribution in [3.63, 3.8) is 0 Å². The summed E-state index contributed by atoms with van der Waals surface area (Å²) < 4.78 is 0. The number of rotatable bonds is 3. The van der Waals surface area contributed by atoms with Crippen LogP contribution in [0.4, 0.5) is 11.4 Å². The lowest BCUT2D eigenvalue weighted by molar-refractivity contribution is 0.0698. The van der Waals surface area contributed by atoms with E-state index in [1.54, 1.807) is 6.07 Å². The smallest absolute Gasteiger partial charge is 0.337 e. The Morgan fingerprint density at radius 2 is 1.81 bits per heavy atom. The first-order valence-corrected chi connectivity index (χ1v) is 7.48. The standard InChI is InChI=1S/C17H26N2O2/c1-16(2)8-11(9-17(3,4)10-16)19-13-7-5-6-12(14(13)18)15(20)21/h5-7,11,19H,8-10,18H2,1-4H3,(H,20,21). The van der Waals surface area contributed by atoms with E-state index >= 15 is 0 Å². The molecule has 1 aliphatic rings. The molecule has 0 aliphatic heterocycles. The van der Waals surface area contributed by atoms with Crippen molar-refractivity contribution in [2.24, 2.45) is 10.8 Å². The summed E-state index contributed by atoms with van der Waals surface area (Å²) in [4.78, 5) is 11.2. The lowest BCUT2D eigenvalue weighted by Gasteiger charge is -2.45. The van der Waals surface area contributed by atoms with Crippen LogP contribution in [0.3, 0.4) is 0 Å². The second kappa shape index (κ2) is 5.24. The van der Waals surface area contributed by atoms with E-state index in [4.69, 9.17) is 10.8 Å². The maximum absolute atomic E-state index is 11.2. The Bertz CT molecular complexity index is 534. The van der Waals surface area contributed by atoms with Gasteiger partial charge in [0.1, 0.15) is 0 Å². The quantitative estimate of drug-likeness (QED) is 0.736. The highest BCUT2D eigenvalue weighted by Crippen LogP contribution is 2.46. The summed E-state index contributed by atoms with van der Waals surface area (Å²) >= 11 is 0. The third-order valence-corrected chi connectivity index (χ3v) is 4.25. The van der Waals surface area contributed by atoms with Gasteiger partial charge in [-0.3, -0.25) is 0 Å². The first kappa shape index (κ1) is 15.7. The van der Waals surface area contributed by atoms with Gasteiger partial charge in [-0.2, -0.15) is 0 Å². The minimum atomic E-state index is -0.986. The molecular formula is C17H26N2O2. The number of para-hydroxylation sites is 1. The molecule has 4 heteroatoms. The van der Waals surface area contributed by atoms with E-state index < -0.39 is 5.97 Å². The molecule has 0 spiro atoms. The number of nitrogens with one attached hydrogen (secondary N) is 1. The van der Waals surface area contributed by atoms with Gasteiger partial charge < -0.3 is 16.2 Å². The number of nitrogens with two attached hydrogens (primary N) is 1. The average molecular weight is 290 g/mol. The minimum absolute atomic E-state index is 0.161. The summed E-state index contributed by atoms with van der Waals surface area (Å²) in [6.45, 7) is 9.17. The molecule has 0 amide bonds. The predicted molar refractivity (Wildman–Crippen MR) is 86.6 cm³/mol. The zero-order valence-corrected chi connectivity index (χ0v) is 13.4. The summed E-state index contributed by atoms with van der Waals surface area (Å²) in [6.07, 6.45) is 3.32. The average Bonchev–Trinajstić information content (AvgIpc) is 2.27. The number of anilines is 2. The van der Waals surface area contributed by atoms with Gasteiger partial charge in [-0.15, -0.1) is 0 Å². The van der Waals surface area contributed by atoms with Crippen LogP contribution in [0.25, 0.3) is 0 Å². The molecular weight excluding hydrogens is 264 g/mol. The molecule has 1 aliphatic carbocycles. The van der Waals surface area contributed by atoms with Crippen LogP contribution in [0, 0.1) is 10.8 Å². The first-order chi connectivity index (χ1) is 9.60. The van der Waals surface area contributed by atoms with Gasteiger partial charge in [0, 0.05) is 6.04 Å². The Morgan fingerprint density at radius 1 is 1.24 bits per heavy atom. The lowest BCUT2D eigenvalue weighted by atomic mass is 9.63. The number of hydrogen-bond donors (Lipinski definition) is 3. The maximum atomic E-state index is 11.2. The number of aromatic carboxylic acids is 1. The van der Waals surface area contributed by atoms with E-state index in [-0.39, 0.29) is 16.4 Å². The van der Waals surface area contributed by atoms with Gasteiger partial charge in [-0.1, -0.05) is 33.8 Å². The highest BCUT2D eigenvalue weighted by molar-refractivity contribution is 5.97. The first-order valence-electron chi connectivity index (χ1n) is 7.48. The Labute approximate surface area is 126 Å². The van der Waals surface area contributed by atoms with E-state index in [2.05, 4.69) is 33.0 Å². The molecule has 4 N–H and O–H groups in total. The molecule has 0 bridgehead atoms. The molecule has 1 aromatic carbocycles. The van der Waals surface area contributed by atoms with E-state index in [9.17, 15) is 4.79 Å². The van der Waals surface area contributed by atoms with Gasteiger partial charge in [0.15, 0.2) is 0 Å². The third-order valence-electron chi connectivity index (χ3n) is 4.25. The zero-order chi connectivity index (χ0) is 15.8. The summed E-state index contributed by atoms with van der Waals surface area (Å²) in [5.41, 5.74) is 7.76. The molecule has 0 aromatic heterocycles. The molecule has 1 aromatic rings. The van der Waals surface area contributed by atoms with Crippen molar-refractivity contribution in [1.82, 2.24) is 0 Å². The van der Waals surface area contributed by atoms with Gasteiger partial charge in [0.05, 0.1) is 16.9 Å². The third kappa shape index (κ3) is 3.69. The molecule has 0 radical (unpaired) electrons. The lowest BCUT2D eigenvalue weighted by Crippen LogP contribution is -2.40. The molecule has 21 heavy (non-hydrogen) atoms. The number of hydrogen-bond acceptors (Lipinski definition) is 3. The predicted octanol–water partition coefficient (Wildman–Crippen LogP) is 3.98. The fourth-order valence-corrected chi connectivity index (χ4v) is 4.05. The van der Waals surface area contributed by atoms with E-state index in [0.717, 1.165) is 18.5 Å². The van der Waals surface area contributed by atoms with Crippen molar-refractivity contribution in [2.45, 2.75) is 53.0 Å². The summed E-state index contributed by atoms with van der Waals surface area (Å²) in [7, 11) is 0. The van der Waals surface area contributed by atoms with Crippen molar-refractivity contribution in [3.8, 4) is 0 Å². The second-order valence-electron chi connectivity index (χ2n) is 7.83. The van der Waals surface area contributed by atoms with E-state index in [1.807, 2.05) is 6.07 Å². The summed E-state index contributed by atoms with van der Waals surface area (Å²) in [6, 6.07) is 5.45. The molecule has 0 saturated heterocycles. The number of nitrogen functional groups attached to an aromatic ring is 1. The van der Waals surface area contributed by atoms with Crippen molar-refractivity contribution in [1.29, 1.82) is 0 Å². The van der Waals surface area contributed by atoms with Crippen LogP contribution in [0.1, 0.15) is 57.3 Å². The van der Waals surface area contributed by atoms with Crippen LogP contribution in [0.5, 0.6) is 0 Å². The molecule has 4 nitrogen and oxygen atoms in total. The van der Waals surface area contributed by atoms with E-state index in [0.29, 0.717) is 11.7 Å². The highest BCUT2D eigenvalue weighted by atomic mass is 16.4. The van der Waals surface area contributed by atoms with Gasteiger partial charge in [0.25, 0.3) is 0 Å². The Balaban J connectivity index is 2.22. The van der Waals surface area contributed by atoms with Crippen LogP contribution in [-0.2, 0) is 0 Å². The van der Waals surface area contributed by atoms with E-state index in [1.165, 1.54) is 12.5 Å². The number of carbonyl (C=O) groups is 1. The van der Waals surface area contributed by atoms with Crippen molar-refractivity contribution in [2.75, 3.05) is 11.1 Å². The normalized spacial score (nSPS) is 21.0. The second-order valence-corrected chi connectivity index (χ2v) is 7.83.